The molecule has 0 saturated carbocycles. The molecule has 0 unspecified atom stereocenters. The minimum atomic E-state index is -3.79. The topological polar surface area (TPSA) is 94.3 Å². The van der Waals surface area contributed by atoms with E-state index in [9.17, 15) is 23.3 Å². The number of hydrogen-bond acceptors (Lipinski definition) is 5. The lowest BCUT2D eigenvalue weighted by Crippen LogP contribution is -2.16. The quantitative estimate of drug-likeness (QED) is 0.474. The molecule has 6 nitrogen and oxygen atoms in total. The van der Waals surface area contributed by atoms with E-state index in [-0.39, 0.29) is 16.1 Å². The molecule has 0 saturated heterocycles. The fraction of sp³-hybridized carbons (Fsp3) is 0.0714. The highest BCUT2D eigenvalue weighted by Crippen LogP contribution is 2.18. The Labute approximate surface area is 131 Å². The molecule has 8 heteroatoms. The summed E-state index contributed by atoms with van der Waals surface area (Å²) in [6.45, 7) is 0. The van der Waals surface area contributed by atoms with Crippen LogP contribution in [-0.4, -0.2) is 24.9 Å². The lowest BCUT2D eigenvalue weighted by Gasteiger charge is -2.04. The highest BCUT2D eigenvalue weighted by Gasteiger charge is 2.20. The van der Waals surface area contributed by atoms with E-state index in [1.807, 2.05) is 0 Å². The average molecular weight is 340 g/mol. The number of carbonyl (C=O) groups is 1. The maximum absolute atomic E-state index is 12.1. The zero-order valence-electron chi connectivity index (χ0n) is 11.1. The Morgan fingerprint density at radius 1 is 1.05 bits per heavy atom. The number of nitrogens with zero attached hydrogens (tertiary/aromatic N) is 1. The zero-order chi connectivity index (χ0) is 16.3. The molecule has 2 aromatic rings. The summed E-state index contributed by atoms with van der Waals surface area (Å²) >= 11 is 5.69. The standard InChI is InChI=1S/C14H10ClNO5S/c15-11-3-7-13(8-4-11)22(20,21)9-14(17)10-1-5-12(6-2-10)16(18)19/h1-8H,9H2. The van der Waals surface area contributed by atoms with Gasteiger partial charge in [-0.3, -0.25) is 14.9 Å². The van der Waals surface area contributed by atoms with Crippen LogP contribution in [0.4, 0.5) is 5.69 Å². The predicted molar refractivity (Wildman–Crippen MR) is 80.9 cm³/mol. The summed E-state index contributed by atoms with van der Waals surface area (Å²) in [6, 6.07) is 10.3. The van der Waals surface area contributed by atoms with Crippen molar-refractivity contribution in [3.8, 4) is 0 Å². The molecule has 0 bridgehead atoms. The first-order valence-electron chi connectivity index (χ1n) is 6.05. The average Bonchev–Trinajstić information content (AvgIpc) is 2.47. The third kappa shape index (κ3) is 3.69. The second kappa shape index (κ2) is 6.25. The summed E-state index contributed by atoms with van der Waals surface area (Å²) in [6.07, 6.45) is 0. The maximum Gasteiger partial charge on any atom is 0.269 e. The van der Waals surface area contributed by atoms with Gasteiger partial charge >= 0.3 is 0 Å². The summed E-state index contributed by atoms with van der Waals surface area (Å²) in [7, 11) is -3.79. The minimum absolute atomic E-state index is 0.00726. The molecule has 2 aromatic carbocycles. The van der Waals surface area contributed by atoms with Crippen LogP contribution in [-0.2, 0) is 9.84 Å². The van der Waals surface area contributed by atoms with Gasteiger partial charge in [0.15, 0.2) is 15.6 Å². The van der Waals surface area contributed by atoms with Crippen molar-refractivity contribution >= 4 is 32.9 Å². The SMILES string of the molecule is O=C(CS(=O)(=O)c1ccc(Cl)cc1)c1ccc([N+](=O)[O-])cc1. The number of benzene rings is 2. The van der Waals surface area contributed by atoms with Gasteiger partial charge in [0.25, 0.3) is 5.69 Å². The second-order valence-corrected chi connectivity index (χ2v) is 6.87. The molecule has 0 aromatic heterocycles. The molecule has 0 aliphatic heterocycles. The maximum atomic E-state index is 12.1. The largest absolute Gasteiger partial charge is 0.293 e. The molecule has 0 N–H and O–H groups in total. The summed E-state index contributed by atoms with van der Waals surface area (Å²) in [5.74, 6) is -1.35. The Balaban J connectivity index is 2.20. The molecular formula is C14H10ClNO5S. The molecule has 0 amide bonds. The molecule has 22 heavy (non-hydrogen) atoms. The van der Waals surface area contributed by atoms with E-state index in [2.05, 4.69) is 0 Å². The first-order valence-corrected chi connectivity index (χ1v) is 8.08. The fourth-order valence-corrected chi connectivity index (χ4v) is 3.11. The van der Waals surface area contributed by atoms with Crippen LogP contribution in [0.1, 0.15) is 10.4 Å². The van der Waals surface area contributed by atoms with Gasteiger partial charge < -0.3 is 0 Å². The lowest BCUT2D eigenvalue weighted by atomic mass is 10.1. The van der Waals surface area contributed by atoms with E-state index in [1.165, 1.54) is 36.4 Å². The lowest BCUT2D eigenvalue weighted by molar-refractivity contribution is -0.384. The van der Waals surface area contributed by atoms with Gasteiger partial charge in [0, 0.05) is 22.7 Å². The van der Waals surface area contributed by atoms with Crippen molar-refractivity contribution in [2.24, 2.45) is 0 Å². The van der Waals surface area contributed by atoms with Crippen molar-refractivity contribution in [2.75, 3.05) is 5.75 Å². The molecular weight excluding hydrogens is 330 g/mol. The molecule has 2 rings (SSSR count). The number of rotatable bonds is 5. The molecule has 0 spiro atoms. The van der Waals surface area contributed by atoms with Gasteiger partial charge in [-0.1, -0.05) is 11.6 Å². The number of sulfone groups is 1. The molecule has 0 heterocycles. The molecule has 0 radical (unpaired) electrons. The first kappa shape index (κ1) is 16.1. The minimum Gasteiger partial charge on any atom is -0.293 e. The molecule has 0 aliphatic rings. The Kier molecular flexibility index (Phi) is 4.58. The smallest absolute Gasteiger partial charge is 0.269 e. The molecule has 0 aliphatic carbocycles. The third-order valence-corrected chi connectivity index (χ3v) is 4.78. The van der Waals surface area contributed by atoms with Crippen LogP contribution >= 0.6 is 11.6 Å². The Morgan fingerprint density at radius 3 is 2.09 bits per heavy atom. The van der Waals surface area contributed by atoms with Gasteiger partial charge in [-0.2, -0.15) is 0 Å². The van der Waals surface area contributed by atoms with Crippen molar-refractivity contribution in [3.05, 3.63) is 69.2 Å². The zero-order valence-corrected chi connectivity index (χ0v) is 12.7. The van der Waals surface area contributed by atoms with Crippen molar-refractivity contribution in [3.63, 3.8) is 0 Å². The number of carbonyl (C=O) groups excluding carboxylic acids is 1. The van der Waals surface area contributed by atoms with Crippen molar-refractivity contribution < 1.29 is 18.1 Å². The van der Waals surface area contributed by atoms with Crippen molar-refractivity contribution in [2.45, 2.75) is 4.90 Å². The molecule has 114 valence electrons. The van der Waals surface area contributed by atoms with Gasteiger partial charge in [-0.15, -0.1) is 0 Å². The van der Waals surface area contributed by atoms with E-state index in [4.69, 9.17) is 11.6 Å². The Bertz CT molecular complexity index is 813. The number of halogens is 1. The van der Waals surface area contributed by atoms with E-state index >= 15 is 0 Å². The van der Waals surface area contributed by atoms with E-state index < -0.39 is 26.3 Å². The van der Waals surface area contributed by atoms with Crippen molar-refractivity contribution in [1.29, 1.82) is 0 Å². The normalized spacial score (nSPS) is 11.1. The van der Waals surface area contributed by atoms with Crippen molar-refractivity contribution in [1.82, 2.24) is 0 Å². The highest BCUT2D eigenvalue weighted by molar-refractivity contribution is 7.92. The number of Topliss-reactive ketones (excluding diaryl/α,β-unsaturated/α-hetero) is 1. The van der Waals surface area contributed by atoms with Crippen LogP contribution in [0.15, 0.2) is 53.4 Å². The first-order chi connectivity index (χ1) is 10.3. The highest BCUT2D eigenvalue weighted by atomic mass is 35.5. The van der Waals surface area contributed by atoms with Crippen LogP contribution in [0.25, 0.3) is 0 Å². The van der Waals surface area contributed by atoms with E-state index in [1.54, 1.807) is 0 Å². The monoisotopic (exact) mass is 339 g/mol. The number of nitro benzene ring substituents is 1. The van der Waals surface area contributed by atoms with E-state index in [0.717, 1.165) is 12.1 Å². The van der Waals surface area contributed by atoms with Crippen LogP contribution in [0, 0.1) is 10.1 Å². The number of non-ortho nitro benzene ring substituents is 1. The Hall–Kier alpha value is -2.25. The van der Waals surface area contributed by atoms with Crippen LogP contribution in [0.5, 0.6) is 0 Å². The van der Waals surface area contributed by atoms with Crippen LogP contribution in [0.3, 0.4) is 0 Å². The molecule has 0 fully saturated rings. The van der Waals surface area contributed by atoms with E-state index in [0.29, 0.717) is 5.02 Å². The summed E-state index contributed by atoms with van der Waals surface area (Å²) < 4.78 is 24.3. The summed E-state index contributed by atoms with van der Waals surface area (Å²) in [5, 5.41) is 10.9. The number of ketones is 1. The number of nitro groups is 1. The summed E-state index contributed by atoms with van der Waals surface area (Å²) in [4.78, 5) is 21.9. The van der Waals surface area contributed by atoms with Crippen LogP contribution in [0.2, 0.25) is 5.02 Å². The third-order valence-electron chi connectivity index (χ3n) is 2.89. The van der Waals surface area contributed by atoms with Gasteiger partial charge in [-0.25, -0.2) is 8.42 Å². The number of hydrogen-bond donors (Lipinski definition) is 0. The van der Waals surface area contributed by atoms with Gasteiger partial charge in [0.2, 0.25) is 0 Å². The fourth-order valence-electron chi connectivity index (χ4n) is 1.75. The molecule has 0 atom stereocenters. The second-order valence-electron chi connectivity index (χ2n) is 4.44. The van der Waals surface area contributed by atoms with Gasteiger partial charge in [0.05, 0.1) is 9.82 Å². The van der Waals surface area contributed by atoms with Gasteiger partial charge in [-0.05, 0) is 36.4 Å². The summed E-state index contributed by atoms with van der Waals surface area (Å²) in [5.41, 5.74) is -0.0692. The predicted octanol–water partition coefficient (Wildman–Crippen LogP) is 2.90. The Morgan fingerprint density at radius 2 is 1.59 bits per heavy atom. The van der Waals surface area contributed by atoms with Crippen LogP contribution < -0.4 is 0 Å². The van der Waals surface area contributed by atoms with Gasteiger partial charge in [0.1, 0.15) is 5.75 Å².